The molecule has 2 heterocycles. The summed E-state index contributed by atoms with van der Waals surface area (Å²) in [5.41, 5.74) is 1.31. The molecule has 0 spiro atoms. The molecule has 4 heteroatoms. The minimum atomic E-state index is -0.154. The van der Waals surface area contributed by atoms with Gasteiger partial charge in [-0.15, -0.1) is 0 Å². The van der Waals surface area contributed by atoms with E-state index >= 15 is 0 Å². The highest BCUT2D eigenvalue weighted by atomic mass is 16.3. The zero-order valence-electron chi connectivity index (χ0n) is 11.8. The van der Waals surface area contributed by atoms with E-state index < -0.39 is 0 Å². The van der Waals surface area contributed by atoms with E-state index in [1.807, 2.05) is 10.9 Å². The van der Waals surface area contributed by atoms with Gasteiger partial charge < -0.3 is 5.11 Å². The first-order valence-corrected chi connectivity index (χ1v) is 6.91. The Balaban J connectivity index is 1.99. The molecule has 0 aromatic carbocycles. The zero-order valence-corrected chi connectivity index (χ0v) is 11.8. The monoisotopic (exact) mass is 251 g/mol. The number of aryl methyl sites for hydroxylation is 1. The zero-order chi connectivity index (χ0) is 13.2. The van der Waals surface area contributed by atoms with Gasteiger partial charge in [-0.2, -0.15) is 5.10 Å². The number of aliphatic hydroxyl groups excluding tert-OH is 1. The number of nitrogens with zero attached hydrogens (tertiary/aromatic N) is 3. The standard InChI is InChI=1S/C14H25N3O/c1-4-17-8-5-12(15-17)10-16-7-6-13(18)9-14(2,3)11-16/h5,8,13,18H,4,6-7,9-11H2,1-3H3/t13-/m1/s1. The molecule has 2 rings (SSSR count). The van der Waals surface area contributed by atoms with Crippen LogP contribution in [0.5, 0.6) is 0 Å². The Morgan fingerprint density at radius 1 is 1.50 bits per heavy atom. The lowest BCUT2D eigenvalue weighted by Crippen LogP contribution is -2.32. The molecule has 1 aliphatic rings. The van der Waals surface area contributed by atoms with Crippen LogP contribution < -0.4 is 0 Å². The molecule has 18 heavy (non-hydrogen) atoms. The van der Waals surface area contributed by atoms with Crippen molar-refractivity contribution >= 4 is 0 Å². The van der Waals surface area contributed by atoms with Crippen molar-refractivity contribution in [3.63, 3.8) is 0 Å². The summed E-state index contributed by atoms with van der Waals surface area (Å²) in [5, 5.41) is 14.4. The maximum Gasteiger partial charge on any atom is 0.0764 e. The summed E-state index contributed by atoms with van der Waals surface area (Å²) in [6.45, 7) is 10.4. The van der Waals surface area contributed by atoms with Crippen LogP contribution in [0.25, 0.3) is 0 Å². The molecule has 0 aliphatic carbocycles. The molecule has 1 aliphatic heterocycles. The number of hydrogen-bond donors (Lipinski definition) is 1. The van der Waals surface area contributed by atoms with Crippen molar-refractivity contribution < 1.29 is 5.11 Å². The normalized spacial score (nSPS) is 25.0. The smallest absolute Gasteiger partial charge is 0.0764 e. The molecule has 1 saturated heterocycles. The summed E-state index contributed by atoms with van der Waals surface area (Å²) >= 11 is 0. The van der Waals surface area contributed by atoms with Crippen molar-refractivity contribution in [1.82, 2.24) is 14.7 Å². The minimum absolute atomic E-state index is 0.154. The van der Waals surface area contributed by atoms with E-state index in [1.54, 1.807) is 0 Å². The molecular formula is C14H25N3O. The third-order valence-corrected chi connectivity index (χ3v) is 3.62. The third-order valence-electron chi connectivity index (χ3n) is 3.62. The fourth-order valence-electron chi connectivity index (χ4n) is 2.85. The second kappa shape index (κ2) is 5.41. The minimum Gasteiger partial charge on any atom is -0.393 e. The van der Waals surface area contributed by atoms with Crippen molar-refractivity contribution in [2.24, 2.45) is 5.41 Å². The molecule has 1 aromatic rings. The summed E-state index contributed by atoms with van der Waals surface area (Å²) in [4.78, 5) is 2.42. The lowest BCUT2D eigenvalue weighted by Gasteiger charge is -2.29. The highest BCUT2D eigenvalue weighted by Crippen LogP contribution is 2.28. The van der Waals surface area contributed by atoms with Gasteiger partial charge in [-0.05, 0) is 31.2 Å². The molecule has 0 unspecified atom stereocenters. The van der Waals surface area contributed by atoms with Crippen molar-refractivity contribution in [2.75, 3.05) is 13.1 Å². The van der Waals surface area contributed by atoms with Crippen LogP contribution in [0.2, 0.25) is 0 Å². The van der Waals surface area contributed by atoms with Crippen LogP contribution in [0.4, 0.5) is 0 Å². The Kier molecular flexibility index (Phi) is 4.07. The summed E-state index contributed by atoms with van der Waals surface area (Å²) in [6, 6.07) is 2.10. The second-order valence-corrected chi connectivity index (χ2v) is 6.18. The van der Waals surface area contributed by atoms with Crippen molar-refractivity contribution in [2.45, 2.75) is 52.8 Å². The SMILES string of the molecule is CCn1ccc(CN2CC[C@@H](O)CC(C)(C)C2)n1. The van der Waals surface area contributed by atoms with E-state index in [1.165, 1.54) is 0 Å². The van der Waals surface area contributed by atoms with E-state index in [-0.39, 0.29) is 11.5 Å². The fraction of sp³-hybridized carbons (Fsp3) is 0.786. The Morgan fingerprint density at radius 2 is 2.28 bits per heavy atom. The lowest BCUT2D eigenvalue weighted by molar-refractivity contribution is 0.121. The average molecular weight is 251 g/mol. The maximum atomic E-state index is 9.90. The number of hydrogen-bond acceptors (Lipinski definition) is 3. The van der Waals surface area contributed by atoms with E-state index in [0.29, 0.717) is 0 Å². The first-order chi connectivity index (χ1) is 8.48. The predicted octanol–water partition coefficient (Wildman–Crippen LogP) is 1.89. The summed E-state index contributed by atoms with van der Waals surface area (Å²) < 4.78 is 1.97. The van der Waals surface area contributed by atoms with Gasteiger partial charge in [0.15, 0.2) is 0 Å². The average Bonchev–Trinajstić information content (AvgIpc) is 2.67. The van der Waals surface area contributed by atoms with Gasteiger partial charge in [0.2, 0.25) is 0 Å². The number of aliphatic hydroxyl groups is 1. The van der Waals surface area contributed by atoms with Gasteiger partial charge in [0.1, 0.15) is 0 Å². The molecular weight excluding hydrogens is 226 g/mol. The van der Waals surface area contributed by atoms with Crippen molar-refractivity contribution in [1.29, 1.82) is 0 Å². The number of rotatable bonds is 3. The molecule has 1 aromatic heterocycles. The largest absolute Gasteiger partial charge is 0.393 e. The Morgan fingerprint density at radius 3 is 2.94 bits per heavy atom. The van der Waals surface area contributed by atoms with Crippen molar-refractivity contribution in [3.8, 4) is 0 Å². The van der Waals surface area contributed by atoms with Crippen LogP contribution in [0.3, 0.4) is 0 Å². The molecule has 4 nitrogen and oxygen atoms in total. The summed E-state index contributed by atoms with van der Waals surface area (Å²) in [7, 11) is 0. The van der Waals surface area contributed by atoms with E-state index in [2.05, 4.69) is 36.8 Å². The van der Waals surface area contributed by atoms with Gasteiger partial charge in [0.25, 0.3) is 0 Å². The first kappa shape index (κ1) is 13.6. The number of aromatic nitrogens is 2. The fourth-order valence-corrected chi connectivity index (χ4v) is 2.85. The highest BCUT2D eigenvalue weighted by molar-refractivity contribution is 4.99. The van der Waals surface area contributed by atoms with Gasteiger partial charge >= 0.3 is 0 Å². The Labute approximate surface area is 110 Å². The van der Waals surface area contributed by atoms with Gasteiger partial charge in [-0.3, -0.25) is 9.58 Å². The van der Waals surface area contributed by atoms with E-state index in [9.17, 15) is 5.11 Å². The van der Waals surface area contributed by atoms with Gasteiger partial charge in [0.05, 0.1) is 11.8 Å². The highest BCUT2D eigenvalue weighted by Gasteiger charge is 2.29. The first-order valence-electron chi connectivity index (χ1n) is 6.91. The van der Waals surface area contributed by atoms with Gasteiger partial charge in [-0.25, -0.2) is 0 Å². The molecule has 1 fully saturated rings. The quantitative estimate of drug-likeness (QED) is 0.892. The molecule has 1 N–H and O–H groups in total. The lowest BCUT2D eigenvalue weighted by atomic mass is 9.87. The molecule has 1 atom stereocenters. The third kappa shape index (κ3) is 3.56. The van der Waals surface area contributed by atoms with Crippen LogP contribution in [0, 0.1) is 5.41 Å². The number of likely N-dealkylation sites (tertiary alicyclic amines) is 1. The summed E-state index contributed by atoms with van der Waals surface area (Å²) in [6.07, 6.45) is 3.65. The van der Waals surface area contributed by atoms with Crippen LogP contribution in [-0.4, -0.2) is 39.0 Å². The van der Waals surface area contributed by atoms with E-state index in [0.717, 1.165) is 44.7 Å². The van der Waals surface area contributed by atoms with Crippen LogP contribution in [0.15, 0.2) is 12.3 Å². The summed E-state index contributed by atoms with van der Waals surface area (Å²) in [5.74, 6) is 0. The Hall–Kier alpha value is -0.870. The second-order valence-electron chi connectivity index (χ2n) is 6.18. The van der Waals surface area contributed by atoms with Gasteiger partial charge in [0, 0.05) is 32.4 Å². The van der Waals surface area contributed by atoms with Crippen LogP contribution in [-0.2, 0) is 13.1 Å². The molecule has 0 saturated carbocycles. The van der Waals surface area contributed by atoms with E-state index in [4.69, 9.17) is 0 Å². The maximum absolute atomic E-state index is 9.90. The molecule has 0 bridgehead atoms. The Bertz CT molecular complexity index is 386. The molecule has 0 radical (unpaired) electrons. The van der Waals surface area contributed by atoms with Crippen LogP contribution in [0.1, 0.15) is 39.3 Å². The molecule has 0 amide bonds. The van der Waals surface area contributed by atoms with Crippen LogP contribution >= 0.6 is 0 Å². The topological polar surface area (TPSA) is 41.3 Å². The van der Waals surface area contributed by atoms with Gasteiger partial charge in [-0.1, -0.05) is 13.8 Å². The predicted molar refractivity (Wildman–Crippen MR) is 72.2 cm³/mol. The van der Waals surface area contributed by atoms with Crippen molar-refractivity contribution in [3.05, 3.63) is 18.0 Å². The molecule has 102 valence electrons.